The van der Waals surface area contributed by atoms with E-state index in [-0.39, 0.29) is 36.9 Å². The zero-order chi connectivity index (χ0) is 25.6. The summed E-state index contributed by atoms with van der Waals surface area (Å²) in [5.41, 5.74) is 5.52. The first-order chi connectivity index (χ1) is 16.5. The Morgan fingerprint density at radius 1 is 1.17 bits per heavy atom. The lowest BCUT2D eigenvalue weighted by molar-refractivity contribution is -0.147. The van der Waals surface area contributed by atoms with Gasteiger partial charge in [0.2, 0.25) is 5.82 Å². The number of carbonyl (C=O) groups excluding carboxylic acids is 1. The van der Waals surface area contributed by atoms with Gasteiger partial charge in [-0.15, -0.1) is 0 Å². The molecule has 1 heterocycles. The third-order valence-corrected chi connectivity index (χ3v) is 4.73. The molecule has 5 N–H and O–H groups in total. The number of nitrogens with zero attached hydrogens (tertiary/aromatic N) is 3. The van der Waals surface area contributed by atoms with Crippen LogP contribution in [-0.4, -0.2) is 63.3 Å². The highest BCUT2D eigenvalue weighted by Crippen LogP contribution is 2.29. The standard InChI is InChI=1S/C22H24F3N5O5/c1-30-21(22(23,24)25)28-20(29-30)13-2-4-15(5-3-13)35-12-14(31)11-27-8-9-34-16-6-7-18(32)17(10-16)19(26)33/h2-7,10,14,27,31-32H,8-9,11-12H2,1H3,(H2,26,33). The number of rotatable bonds is 11. The second-order valence-electron chi connectivity index (χ2n) is 7.47. The Labute approximate surface area is 198 Å². The number of alkyl halides is 3. The number of phenols is 1. The van der Waals surface area contributed by atoms with E-state index in [1.807, 2.05) is 0 Å². The molecule has 2 aromatic carbocycles. The van der Waals surface area contributed by atoms with Gasteiger partial charge in [0, 0.05) is 25.7 Å². The molecule has 1 amide bonds. The van der Waals surface area contributed by atoms with Crippen molar-refractivity contribution in [3.8, 4) is 28.6 Å². The van der Waals surface area contributed by atoms with E-state index in [0.717, 1.165) is 0 Å². The topological polar surface area (TPSA) is 145 Å². The van der Waals surface area contributed by atoms with Crippen molar-refractivity contribution >= 4 is 5.91 Å². The van der Waals surface area contributed by atoms with Crippen molar-refractivity contribution in [3.05, 3.63) is 53.9 Å². The summed E-state index contributed by atoms with van der Waals surface area (Å²) in [7, 11) is 1.17. The zero-order valence-corrected chi connectivity index (χ0v) is 18.6. The maximum absolute atomic E-state index is 12.9. The molecule has 1 atom stereocenters. The molecule has 0 aliphatic carbocycles. The maximum atomic E-state index is 12.9. The van der Waals surface area contributed by atoms with Crippen LogP contribution in [0.15, 0.2) is 42.5 Å². The van der Waals surface area contributed by atoms with Crippen LogP contribution in [0.3, 0.4) is 0 Å². The maximum Gasteiger partial charge on any atom is 0.451 e. The summed E-state index contributed by atoms with van der Waals surface area (Å²) in [4.78, 5) is 14.8. The lowest BCUT2D eigenvalue weighted by Gasteiger charge is -2.14. The van der Waals surface area contributed by atoms with Crippen LogP contribution in [0.2, 0.25) is 0 Å². The van der Waals surface area contributed by atoms with Crippen LogP contribution >= 0.6 is 0 Å². The van der Waals surface area contributed by atoms with Gasteiger partial charge in [0.05, 0.1) is 5.56 Å². The largest absolute Gasteiger partial charge is 0.507 e. The van der Waals surface area contributed by atoms with Gasteiger partial charge in [0.15, 0.2) is 5.82 Å². The number of primary amides is 1. The lowest BCUT2D eigenvalue weighted by Crippen LogP contribution is -2.33. The average molecular weight is 495 g/mol. The molecule has 0 saturated carbocycles. The van der Waals surface area contributed by atoms with Gasteiger partial charge in [-0.05, 0) is 42.5 Å². The molecule has 0 bridgehead atoms. The monoisotopic (exact) mass is 495 g/mol. The summed E-state index contributed by atoms with van der Waals surface area (Å²) < 4.78 is 50.3. The molecule has 0 saturated heterocycles. The first kappa shape index (κ1) is 25.8. The Morgan fingerprint density at radius 3 is 2.49 bits per heavy atom. The Morgan fingerprint density at radius 2 is 1.86 bits per heavy atom. The van der Waals surface area contributed by atoms with Crippen molar-refractivity contribution in [2.75, 3.05) is 26.3 Å². The molecule has 0 spiro atoms. The van der Waals surface area contributed by atoms with Gasteiger partial charge < -0.3 is 30.7 Å². The number of amides is 1. The van der Waals surface area contributed by atoms with Crippen LogP contribution < -0.4 is 20.5 Å². The molecule has 0 radical (unpaired) electrons. The van der Waals surface area contributed by atoms with Crippen molar-refractivity contribution in [1.82, 2.24) is 20.1 Å². The zero-order valence-electron chi connectivity index (χ0n) is 18.6. The molecule has 13 heteroatoms. The third kappa shape index (κ3) is 7.07. The number of nitrogens with two attached hydrogens (primary N) is 1. The van der Waals surface area contributed by atoms with Gasteiger partial charge in [-0.1, -0.05) is 0 Å². The minimum atomic E-state index is -4.60. The van der Waals surface area contributed by atoms with E-state index in [1.165, 1.54) is 37.4 Å². The fraction of sp³-hybridized carbons (Fsp3) is 0.318. The predicted molar refractivity (Wildman–Crippen MR) is 118 cm³/mol. The summed E-state index contributed by atoms with van der Waals surface area (Å²) in [6.07, 6.45) is -5.43. The van der Waals surface area contributed by atoms with Gasteiger partial charge in [0.25, 0.3) is 5.91 Å². The Balaban J connectivity index is 1.39. The molecule has 3 rings (SSSR count). The summed E-state index contributed by atoms with van der Waals surface area (Å²) in [6, 6.07) is 10.3. The summed E-state index contributed by atoms with van der Waals surface area (Å²) in [5.74, 6) is -1.37. The predicted octanol–water partition coefficient (Wildman–Crippen LogP) is 1.71. The summed E-state index contributed by atoms with van der Waals surface area (Å²) in [5, 5.41) is 26.4. The number of ether oxygens (including phenoxy) is 2. The molecule has 0 aliphatic heterocycles. The SMILES string of the molecule is Cn1nc(-c2ccc(OCC(O)CNCCOc3ccc(O)c(C(N)=O)c3)cc2)nc1C(F)(F)F. The van der Waals surface area contributed by atoms with Crippen LogP contribution in [0.25, 0.3) is 11.4 Å². The van der Waals surface area contributed by atoms with Crippen LogP contribution in [-0.2, 0) is 13.2 Å². The number of carbonyl (C=O) groups is 1. The molecule has 10 nitrogen and oxygen atoms in total. The lowest BCUT2D eigenvalue weighted by atomic mass is 10.2. The quantitative estimate of drug-likeness (QED) is 0.294. The molecule has 35 heavy (non-hydrogen) atoms. The number of aliphatic hydroxyl groups is 1. The van der Waals surface area contributed by atoms with E-state index < -0.39 is 24.0 Å². The third-order valence-electron chi connectivity index (χ3n) is 4.73. The van der Waals surface area contributed by atoms with Crippen molar-refractivity contribution in [2.45, 2.75) is 12.3 Å². The van der Waals surface area contributed by atoms with Crippen molar-refractivity contribution < 1.29 is 37.7 Å². The number of nitrogens with one attached hydrogen (secondary N) is 1. The highest BCUT2D eigenvalue weighted by molar-refractivity contribution is 5.95. The molecular formula is C22H24F3N5O5. The van der Waals surface area contributed by atoms with E-state index >= 15 is 0 Å². The van der Waals surface area contributed by atoms with E-state index in [9.17, 15) is 28.2 Å². The Hall–Kier alpha value is -3.84. The second kappa shape index (κ2) is 11.1. The molecule has 3 aromatic rings. The van der Waals surface area contributed by atoms with Gasteiger partial charge in [-0.3, -0.25) is 4.79 Å². The van der Waals surface area contributed by atoms with Crippen LogP contribution in [0, 0.1) is 0 Å². The first-order valence-corrected chi connectivity index (χ1v) is 10.4. The van der Waals surface area contributed by atoms with E-state index in [2.05, 4.69) is 15.4 Å². The number of aryl methyl sites for hydroxylation is 1. The molecule has 0 aliphatic rings. The molecule has 1 aromatic heterocycles. The second-order valence-corrected chi connectivity index (χ2v) is 7.47. The van der Waals surface area contributed by atoms with Crippen LogP contribution in [0.4, 0.5) is 13.2 Å². The highest BCUT2D eigenvalue weighted by Gasteiger charge is 2.37. The molecular weight excluding hydrogens is 471 g/mol. The van der Waals surface area contributed by atoms with Gasteiger partial charge >= 0.3 is 6.18 Å². The Bertz CT molecular complexity index is 1150. The fourth-order valence-corrected chi connectivity index (χ4v) is 3.02. The number of benzene rings is 2. The number of aromatic hydroxyl groups is 1. The minimum absolute atomic E-state index is 0.0206. The number of aliphatic hydroxyl groups excluding tert-OH is 1. The fourth-order valence-electron chi connectivity index (χ4n) is 3.02. The van der Waals surface area contributed by atoms with Gasteiger partial charge in [-0.2, -0.15) is 18.3 Å². The smallest absolute Gasteiger partial charge is 0.451 e. The number of halogens is 3. The van der Waals surface area contributed by atoms with Crippen molar-refractivity contribution in [2.24, 2.45) is 12.8 Å². The van der Waals surface area contributed by atoms with E-state index in [1.54, 1.807) is 12.1 Å². The first-order valence-electron chi connectivity index (χ1n) is 10.4. The number of aromatic nitrogens is 3. The van der Waals surface area contributed by atoms with Crippen molar-refractivity contribution in [3.63, 3.8) is 0 Å². The van der Waals surface area contributed by atoms with Gasteiger partial charge in [-0.25, -0.2) is 9.67 Å². The van der Waals surface area contributed by atoms with Gasteiger partial charge in [0.1, 0.15) is 36.6 Å². The Kier molecular flexibility index (Phi) is 8.14. The summed E-state index contributed by atoms with van der Waals surface area (Å²) >= 11 is 0. The number of hydrogen-bond donors (Lipinski definition) is 4. The van der Waals surface area contributed by atoms with Crippen LogP contribution in [0.5, 0.6) is 17.2 Å². The van der Waals surface area contributed by atoms with Crippen LogP contribution in [0.1, 0.15) is 16.2 Å². The number of hydrogen-bond acceptors (Lipinski definition) is 8. The molecule has 1 unspecified atom stereocenters. The normalized spacial score (nSPS) is 12.4. The van der Waals surface area contributed by atoms with E-state index in [0.29, 0.717) is 28.3 Å². The minimum Gasteiger partial charge on any atom is -0.507 e. The highest BCUT2D eigenvalue weighted by atomic mass is 19.4. The van der Waals surface area contributed by atoms with Crippen molar-refractivity contribution in [1.29, 1.82) is 0 Å². The van der Waals surface area contributed by atoms with E-state index in [4.69, 9.17) is 15.2 Å². The molecule has 188 valence electrons. The average Bonchev–Trinajstić information content (AvgIpc) is 3.21. The molecule has 0 fully saturated rings. The summed E-state index contributed by atoms with van der Waals surface area (Å²) in [6.45, 7) is 0.806.